The third kappa shape index (κ3) is 3.29. The van der Waals surface area contributed by atoms with Gasteiger partial charge in [-0.1, -0.05) is 11.6 Å². The molecule has 0 unspecified atom stereocenters. The standard InChI is InChI=1S/C12H8BrClN4O3/c13-8-2-1-3-16-11(8)17-12(19)7-4-6(18(20)21)5-9(14)10(7)15/h1-5H,15H2,(H,16,17,19). The van der Waals surface area contributed by atoms with Crippen LogP contribution in [0.4, 0.5) is 17.2 Å². The lowest BCUT2D eigenvalue weighted by Gasteiger charge is -2.09. The summed E-state index contributed by atoms with van der Waals surface area (Å²) < 4.78 is 0.563. The minimum atomic E-state index is -0.654. The Morgan fingerprint density at radius 3 is 2.81 bits per heavy atom. The lowest BCUT2D eigenvalue weighted by molar-refractivity contribution is -0.384. The van der Waals surface area contributed by atoms with Gasteiger partial charge in [-0.05, 0) is 28.1 Å². The monoisotopic (exact) mass is 370 g/mol. The van der Waals surface area contributed by atoms with E-state index in [1.54, 1.807) is 12.1 Å². The molecule has 0 saturated carbocycles. The summed E-state index contributed by atoms with van der Waals surface area (Å²) >= 11 is 9.03. The highest BCUT2D eigenvalue weighted by atomic mass is 79.9. The number of amides is 1. The van der Waals surface area contributed by atoms with Crippen LogP contribution in [0.2, 0.25) is 5.02 Å². The average molecular weight is 372 g/mol. The Labute approximate surface area is 132 Å². The van der Waals surface area contributed by atoms with E-state index in [0.29, 0.717) is 4.47 Å². The number of nitro benzene ring substituents is 1. The van der Waals surface area contributed by atoms with Gasteiger partial charge in [0, 0.05) is 18.3 Å². The quantitative estimate of drug-likeness (QED) is 0.489. The Hall–Kier alpha value is -2.19. The molecular weight excluding hydrogens is 364 g/mol. The van der Waals surface area contributed by atoms with E-state index in [1.807, 2.05) is 0 Å². The molecule has 0 aliphatic heterocycles. The minimum Gasteiger partial charge on any atom is -0.397 e. The van der Waals surface area contributed by atoms with Gasteiger partial charge >= 0.3 is 0 Å². The molecular formula is C12H8BrClN4O3. The number of carbonyl (C=O) groups is 1. The maximum absolute atomic E-state index is 12.2. The van der Waals surface area contributed by atoms with E-state index in [1.165, 1.54) is 6.20 Å². The third-order valence-electron chi connectivity index (χ3n) is 2.56. The molecule has 0 atom stereocenters. The largest absolute Gasteiger partial charge is 0.397 e. The van der Waals surface area contributed by atoms with Crippen molar-refractivity contribution in [2.45, 2.75) is 0 Å². The van der Waals surface area contributed by atoms with Crippen molar-refractivity contribution in [1.82, 2.24) is 4.98 Å². The van der Waals surface area contributed by atoms with Gasteiger partial charge in [0.2, 0.25) is 0 Å². The zero-order chi connectivity index (χ0) is 15.6. The molecule has 1 heterocycles. The zero-order valence-corrected chi connectivity index (χ0v) is 12.7. The fraction of sp³-hybridized carbons (Fsp3) is 0. The van der Waals surface area contributed by atoms with Gasteiger partial charge < -0.3 is 11.1 Å². The Morgan fingerprint density at radius 2 is 2.19 bits per heavy atom. The molecule has 21 heavy (non-hydrogen) atoms. The van der Waals surface area contributed by atoms with Crippen molar-refractivity contribution >= 4 is 50.6 Å². The second kappa shape index (κ2) is 6.06. The summed E-state index contributed by atoms with van der Waals surface area (Å²) in [6.07, 6.45) is 1.49. The molecule has 1 amide bonds. The first-order valence-corrected chi connectivity index (χ1v) is 6.72. The molecule has 7 nitrogen and oxygen atoms in total. The van der Waals surface area contributed by atoms with Gasteiger partial charge in [-0.25, -0.2) is 4.98 Å². The second-order valence-electron chi connectivity index (χ2n) is 3.93. The van der Waals surface area contributed by atoms with Gasteiger partial charge in [0.05, 0.1) is 25.7 Å². The average Bonchev–Trinajstić information content (AvgIpc) is 2.43. The lowest BCUT2D eigenvalue weighted by atomic mass is 10.1. The molecule has 0 spiro atoms. The molecule has 0 saturated heterocycles. The van der Waals surface area contributed by atoms with Crippen LogP contribution in [-0.4, -0.2) is 15.8 Å². The summed E-state index contributed by atoms with van der Waals surface area (Å²) in [5, 5.41) is 13.2. The molecule has 0 aliphatic rings. The normalized spacial score (nSPS) is 10.2. The van der Waals surface area contributed by atoms with Crippen LogP contribution in [0.25, 0.3) is 0 Å². The van der Waals surface area contributed by atoms with Gasteiger partial charge in [0.1, 0.15) is 5.82 Å². The molecule has 0 fully saturated rings. The van der Waals surface area contributed by atoms with Crippen LogP contribution in [0, 0.1) is 10.1 Å². The number of hydrogen-bond acceptors (Lipinski definition) is 5. The van der Waals surface area contributed by atoms with E-state index < -0.39 is 10.8 Å². The van der Waals surface area contributed by atoms with E-state index in [2.05, 4.69) is 26.2 Å². The number of aromatic nitrogens is 1. The van der Waals surface area contributed by atoms with Crippen molar-refractivity contribution in [3.05, 3.63) is 55.6 Å². The fourth-order valence-electron chi connectivity index (χ4n) is 1.55. The summed E-state index contributed by atoms with van der Waals surface area (Å²) in [7, 11) is 0. The first-order valence-electron chi connectivity index (χ1n) is 5.55. The topological polar surface area (TPSA) is 111 Å². The number of carbonyl (C=O) groups excluding carboxylic acids is 1. The molecule has 0 radical (unpaired) electrons. The number of nitrogens with one attached hydrogen (secondary N) is 1. The number of non-ortho nitro benzene ring substituents is 1. The summed E-state index contributed by atoms with van der Waals surface area (Å²) in [4.78, 5) is 26.3. The number of halogens is 2. The molecule has 108 valence electrons. The Kier molecular flexibility index (Phi) is 4.39. The predicted molar refractivity (Wildman–Crippen MR) is 82.4 cm³/mol. The number of hydrogen-bond donors (Lipinski definition) is 2. The van der Waals surface area contributed by atoms with Crippen LogP contribution < -0.4 is 11.1 Å². The number of benzene rings is 1. The predicted octanol–water partition coefficient (Wildman–Crippen LogP) is 3.24. The van der Waals surface area contributed by atoms with Gasteiger partial charge in [0.25, 0.3) is 11.6 Å². The summed E-state index contributed by atoms with van der Waals surface area (Å²) in [6.45, 7) is 0. The summed E-state index contributed by atoms with van der Waals surface area (Å²) in [5.74, 6) is -0.373. The number of rotatable bonds is 3. The van der Waals surface area contributed by atoms with Crippen LogP contribution in [0.1, 0.15) is 10.4 Å². The number of pyridine rings is 1. The number of nitrogen functional groups attached to an aromatic ring is 1. The Bertz CT molecular complexity index is 738. The van der Waals surface area contributed by atoms with Gasteiger partial charge in [0.15, 0.2) is 0 Å². The van der Waals surface area contributed by atoms with E-state index >= 15 is 0 Å². The first kappa shape index (κ1) is 15.2. The van der Waals surface area contributed by atoms with Gasteiger partial charge in [-0.15, -0.1) is 0 Å². The molecule has 2 aromatic rings. The van der Waals surface area contributed by atoms with Gasteiger partial charge in [-0.2, -0.15) is 0 Å². The van der Waals surface area contributed by atoms with Crippen LogP contribution in [-0.2, 0) is 0 Å². The molecule has 0 bridgehead atoms. The third-order valence-corrected chi connectivity index (χ3v) is 3.51. The number of nitrogens with zero attached hydrogens (tertiary/aromatic N) is 2. The molecule has 9 heteroatoms. The SMILES string of the molecule is Nc1c(Cl)cc([N+](=O)[O-])cc1C(=O)Nc1ncccc1Br. The number of nitrogens with two attached hydrogens (primary N) is 1. The van der Waals surface area contributed by atoms with Crippen molar-refractivity contribution < 1.29 is 9.72 Å². The maximum Gasteiger partial charge on any atom is 0.271 e. The molecule has 0 aliphatic carbocycles. The molecule has 2 rings (SSSR count). The van der Waals surface area contributed by atoms with E-state index in [4.69, 9.17) is 17.3 Å². The minimum absolute atomic E-state index is 0.0354. The summed E-state index contributed by atoms with van der Waals surface area (Å²) in [6, 6.07) is 5.52. The van der Waals surface area contributed by atoms with Crippen molar-refractivity contribution in [2.75, 3.05) is 11.1 Å². The highest BCUT2D eigenvalue weighted by Crippen LogP contribution is 2.29. The highest BCUT2D eigenvalue weighted by molar-refractivity contribution is 9.10. The zero-order valence-electron chi connectivity index (χ0n) is 10.3. The Balaban J connectivity index is 2.39. The van der Waals surface area contributed by atoms with E-state index in [9.17, 15) is 14.9 Å². The van der Waals surface area contributed by atoms with Crippen LogP contribution in [0.5, 0.6) is 0 Å². The van der Waals surface area contributed by atoms with Gasteiger partial charge in [-0.3, -0.25) is 14.9 Å². The first-order chi connectivity index (χ1) is 9.90. The van der Waals surface area contributed by atoms with Crippen LogP contribution >= 0.6 is 27.5 Å². The van der Waals surface area contributed by atoms with Crippen LogP contribution in [0.15, 0.2) is 34.9 Å². The number of nitro groups is 1. The Morgan fingerprint density at radius 1 is 1.48 bits per heavy atom. The number of anilines is 2. The molecule has 1 aromatic heterocycles. The smallest absolute Gasteiger partial charge is 0.271 e. The second-order valence-corrected chi connectivity index (χ2v) is 5.20. The fourth-order valence-corrected chi connectivity index (χ4v) is 2.12. The molecule has 1 aromatic carbocycles. The van der Waals surface area contributed by atoms with E-state index in [0.717, 1.165) is 12.1 Å². The van der Waals surface area contributed by atoms with Crippen molar-refractivity contribution in [1.29, 1.82) is 0 Å². The summed E-state index contributed by atoms with van der Waals surface area (Å²) in [5.41, 5.74) is 5.25. The van der Waals surface area contributed by atoms with E-state index in [-0.39, 0.29) is 27.8 Å². The van der Waals surface area contributed by atoms with Crippen molar-refractivity contribution in [2.24, 2.45) is 0 Å². The highest BCUT2D eigenvalue weighted by Gasteiger charge is 2.19. The molecule has 3 N–H and O–H groups in total. The van der Waals surface area contributed by atoms with Crippen molar-refractivity contribution in [3.8, 4) is 0 Å². The van der Waals surface area contributed by atoms with Crippen molar-refractivity contribution in [3.63, 3.8) is 0 Å². The maximum atomic E-state index is 12.2. The lowest BCUT2D eigenvalue weighted by Crippen LogP contribution is -2.16. The van der Waals surface area contributed by atoms with Crippen LogP contribution in [0.3, 0.4) is 0 Å².